The number of hydrogen-bond donors (Lipinski definition) is 1. The molecule has 1 atom stereocenters. The van der Waals surface area contributed by atoms with Gasteiger partial charge in [-0.05, 0) is 19.4 Å². The van der Waals surface area contributed by atoms with Crippen molar-refractivity contribution in [2.45, 2.75) is 19.3 Å². The summed E-state index contributed by atoms with van der Waals surface area (Å²) in [4.78, 5) is 31.1. The van der Waals surface area contributed by atoms with Gasteiger partial charge in [0, 0.05) is 50.3 Å². The fraction of sp³-hybridized carbons (Fsp3) is 0.438. The van der Waals surface area contributed by atoms with Crippen LogP contribution >= 0.6 is 0 Å². The first kappa shape index (κ1) is 16.3. The van der Waals surface area contributed by atoms with Gasteiger partial charge < -0.3 is 15.0 Å². The number of hydrogen-bond acceptors (Lipinski definition) is 7. The third-order valence-electron chi connectivity index (χ3n) is 3.85. The Morgan fingerprint density at radius 2 is 2.17 bits per heavy atom. The van der Waals surface area contributed by atoms with Crippen LogP contribution in [0.2, 0.25) is 0 Å². The van der Waals surface area contributed by atoms with Crippen LogP contribution in [0.5, 0.6) is 0 Å². The van der Waals surface area contributed by atoms with Gasteiger partial charge in [-0.1, -0.05) is 0 Å². The van der Waals surface area contributed by atoms with Crippen LogP contribution in [0.15, 0.2) is 24.5 Å². The summed E-state index contributed by atoms with van der Waals surface area (Å²) in [6.07, 6.45) is 4.18. The molecule has 0 unspecified atom stereocenters. The van der Waals surface area contributed by atoms with Crippen LogP contribution in [0, 0.1) is 6.92 Å². The summed E-state index contributed by atoms with van der Waals surface area (Å²) in [5, 5.41) is 3.09. The fourth-order valence-electron chi connectivity index (χ4n) is 2.73. The Hall–Kier alpha value is -2.61. The van der Waals surface area contributed by atoms with Gasteiger partial charge in [0.1, 0.15) is 18.2 Å². The Bertz CT molecular complexity index is 709. The molecule has 126 valence electrons. The number of methoxy groups -OCH3 is 1. The molecule has 8 heteroatoms. The zero-order valence-electron chi connectivity index (χ0n) is 13.8. The largest absolute Gasteiger partial charge is 0.375 e. The molecule has 2 aromatic heterocycles. The van der Waals surface area contributed by atoms with Crippen LogP contribution in [0.25, 0.3) is 0 Å². The van der Waals surface area contributed by atoms with Crippen LogP contribution < -0.4 is 5.32 Å². The van der Waals surface area contributed by atoms with Gasteiger partial charge in [0.25, 0.3) is 0 Å². The molecule has 1 aliphatic rings. The summed E-state index contributed by atoms with van der Waals surface area (Å²) in [6.45, 7) is 3.35. The number of nitrogens with one attached hydrogen (secondary N) is 1. The van der Waals surface area contributed by atoms with Crippen molar-refractivity contribution >= 4 is 17.7 Å². The van der Waals surface area contributed by atoms with Crippen molar-refractivity contribution in [3.05, 3.63) is 36.0 Å². The molecule has 1 fully saturated rings. The van der Waals surface area contributed by atoms with Crippen LogP contribution in [0.1, 0.15) is 23.9 Å². The number of nitrogens with zero attached hydrogens (tertiary/aromatic N) is 5. The lowest BCUT2D eigenvalue weighted by Gasteiger charge is -2.16. The first-order valence-corrected chi connectivity index (χ1v) is 7.82. The predicted molar refractivity (Wildman–Crippen MR) is 87.9 cm³/mol. The normalized spacial score (nSPS) is 17.1. The maximum atomic E-state index is 11.9. The van der Waals surface area contributed by atoms with E-state index in [4.69, 9.17) is 4.74 Å². The van der Waals surface area contributed by atoms with Crippen molar-refractivity contribution in [3.63, 3.8) is 0 Å². The number of aromatic nitrogens is 4. The zero-order chi connectivity index (χ0) is 16.9. The molecule has 0 radical (unpaired) electrons. The van der Waals surface area contributed by atoms with Gasteiger partial charge in [-0.3, -0.25) is 4.79 Å². The summed E-state index contributed by atoms with van der Waals surface area (Å²) in [7, 11) is 1.53. The minimum Gasteiger partial charge on any atom is -0.375 e. The summed E-state index contributed by atoms with van der Waals surface area (Å²) in [6, 6.07) is 3.61. The minimum atomic E-state index is 0.00341. The first-order chi connectivity index (χ1) is 11.7. The molecule has 3 rings (SSSR count). The topological polar surface area (TPSA) is 93.1 Å². The smallest absolute Gasteiger partial charge is 0.248 e. The number of carbonyl (C=O) groups excluding carboxylic acids is 1. The minimum absolute atomic E-state index is 0.00341. The van der Waals surface area contributed by atoms with Crippen molar-refractivity contribution in [2.24, 2.45) is 0 Å². The number of aryl methyl sites for hydroxylation is 1. The molecule has 1 N–H and O–H groups in total. The highest BCUT2D eigenvalue weighted by molar-refractivity contribution is 5.77. The Morgan fingerprint density at radius 3 is 2.92 bits per heavy atom. The second kappa shape index (κ2) is 7.31. The molecule has 2 aromatic rings. The average Bonchev–Trinajstić information content (AvgIpc) is 3.06. The maximum absolute atomic E-state index is 11.9. The monoisotopic (exact) mass is 328 g/mol. The summed E-state index contributed by atoms with van der Waals surface area (Å²) in [5.74, 6) is 2.02. The van der Waals surface area contributed by atoms with E-state index in [1.165, 1.54) is 7.11 Å². The van der Waals surface area contributed by atoms with Crippen LogP contribution in [-0.2, 0) is 9.53 Å². The molecule has 0 spiro atoms. The highest BCUT2D eigenvalue weighted by Gasteiger charge is 2.29. The second-order valence-electron chi connectivity index (χ2n) is 5.71. The van der Waals surface area contributed by atoms with E-state index in [0.29, 0.717) is 24.9 Å². The number of ether oxygens (including phenoxy) is 1. The lowest BCUT2D eigenvalue weighted by Crippen LogP contribution is -2.31. The third kappa shape index (κ3) is 3.83. The van der Waals surface area contributed by atoms with Crippen molar-refractivity contribution in [3.8, 4) is 0 Å². The zero-order valence-corrected chi connectivity index (χ0v) is 13.8. The summed E-state index contributed by atoms with van der Waals surface area (Å²) < 4.78 is 4.92. The highest BCUT2D eigenvalue weighted by Crippen LogP contribution is 2.26. The van der Waals surface area contributed by atoms with E-state index >= 15 is 0 Å². The SMILES string of the molecule is COCC(=O)N1CC[C@@H](c2nc(C)cc(Nc3ncccn3)n2)C1. The molecule has 1 saturated heterocycles. The molecule has 0 aromatic carbocycles. The van der Waals surface area contributed by atoms with Crippen molar-refractivity contribution < 1.29 is 9.53 Å². The molecular weight excluding hydrogens is 308 g/mol. The molecule has 0 bridgehead atoms. The number of anilines is 2. The van der Waals surface area contributed by atoms with Crippen LogP contribution in [0.3, 0.4) is 0 Å². The average molecular weight is 328 g/mol. The summed E-state index contributed by atoms with van der Waals surface area (Å²) in [5.41, 5.74) is 0.861. The van der Waals surface area contributed by atoms with E-state index in [-0.39, 0.29) is 18.4 Å². The van der Waals surface area contributed by atoms with Gasteiger partial charge >= 0.3 is 0 Å². The van der Waals surface area contributed by atoms with E-state index in [1.54, 1.807) is 23.4 Å². The number of rotatable bonds is 5. The van der Waals surface area contributed by atoms with E-state index in [1.807, 2.05) is 13.0 Å². The quantitative estimate of drug-likeness (QED) is 0.883. The molecular formula is C16H20N6O2. The molecule has 1 amide bonds. The fourth-order valence-corrected chi connectivity index (χ4v) is 2.73. The second-order valence-corrected chi connectivity index (χ2v) is 5.71. The Balaban J connectivity index is 1.73. The standard InChI is InChI=1S/C16H20N6O2/c1-11-8-13(21-16-17-5-3-6-18-16)20-15(19-11)12-4-7-22(9-12)14(23)10-24-2/h3,5-6,8,12H,4,7,9-10H2,1-2H3,(H,17,18,19,20,21)/t12-/m1/s1. The lowest BCUT2D eigenvalue weighted by molar-refractivity contribution is -0.134. The lowest BCUT2D eigenvalue weighted by atomic mass is 10.1. The van der Waals surface area contributed by atoms with E-state index < -0.39 is 0 Å². The van der Waals surface area contributed by atoms with Crippen molar-refractivity contribution in [1.82, 2.24) is 24.8 Å². The molecule has 8 nitrogen and oxygen atoms in total. The molecule has 0 saturated carbocycles. The van der Waals surface area contributed by atoms with Gasteiger partial charge in [0.15, 0.2) is 0 Å². The number of amides is 1. The van der Waals surface area contributed by atoms with Crippen molar-refractivity contribution in [2.75, 3.05) is 32.1 Å². The van der Waals surface area contributed by atoms with Gasteiger partial charge in [-0.25, -0.2) is 19.9 Å². The number of likely N-dealkylation sites (tertiary alicyclic amines) is 1. The Kier molecular flexibility index (Phi) is 4.95. The maximum Gasteiger partial charge on any atom is 0.248 e. The summed E-state index contributed by atoms with van der Waals surface area (Å²) >= 11 is 0. The van der Waals surface area contributed by atoms with Crippen molar-refractivity contribution in [1.29, 1.82) is 0 Å². The van der Waals surface area contributed by atoms with E-state index in [2.05, 4.69) is 25.3 Å². The predicted octanol–water partition coefficient (Wildman–Crippen LogP) is 1.28. The Labute approximate surface area is 140 Å². The van der Waals surface area contributed by atoms with Gasteiger partial charge in [0.2, 0.25) is 11.9 Å². The van der Waals surface area contributed by atoms with Gasteiger partial charge in [-0.2, -0.15) is 0 Å². The molecule has 24 heavy (non-hydrogen) atoms. The Morgan fingerprint density at radius 1 is 1.38 bits per heavy atom. The van der Waals surface area contributed by atoms with E-state index in [9.17, 15) is 4.79 Å². The van der Waals surface area contributed by atoms with Crippen LogP contribution in [0.4, 0.5) is 11.8 Å². The van der Waals surface area contributed by atoms with Gasteiger partial charge in [0.05, 0.1) is 0 Å². The third-order valence-corrected chi connectivity index (χ3v) is 3.85. The first-order valence-electron chi connectivity index (χ1n) is 7.82. The molecule has 0 aliphatic carbocycles. The van der Waals surface area contributed by atoms with Crippen LogP contribution in [-0.4, -0.2) is 57.5 Å². The number of carbonyl (C=O) groups is 1. The molecule has 1 aliphatic heterocycles. The highest BCUT2D eigenvalue weighted by atomic mass is 16.5. The van der Waals surface area contributed by atoms with Gasteiger partial charge in [-0.15, -0.1) is 0 Å². The molecule has 3 heterocycles. The van der Waals surface area contributed by atoms with E-state index in [0.717, 1.165) is 17.9 Å².